The van der Waals surface area contributed by atoms with Gasteiger partial charge in [0.2, 0.25) is 11.8 Å². The molecule has 1 saturated heterocycles. The van der Waals surface area contributed by atoms with Crippen LogP contribution in [0.25, 0.3) is 0 Å². The number of alkyl halides is 2. The Kier molecular flexibility index (Phi) is 5.99. The van der Waals surface area contributed by atoms with Gasteiger partial charge in [0.15, 0.2) is 0 Å². The number of ether oxygens (including phenoxy) is 1. The first-order valence-corrected chi connectivity index (χ1v) is 10.6. The number of benzene rings is 1. The second-order valence-corrected chi connectivity index (χ2v) is 8.54. The van der Waals surface area contributed by atoms with Crippen molar-refractivity contribution < 1.29 is 23.1 Å². The molecule has 1 aliphatic carbocycles. The van der Waals surface area contributed by atoms with E-state index >= 15 is 0 Å². The second kappa shape index (κ2) is 8.72. The average Bonchev–Trinajstić information content (AvgIpc) is 3.58. The zero-order valence-electron chi connectivity index (χ0n) is 18.1. The molecule has 2 heterocycles. The number of likely N-dealkylation sites (N-methyl/N-ethyl adjacent to an activating group) is 1. The van der Waals surface area contributed by atoms with Crippen molar-refractivity contribution in [2.45, 2.75) is 24.8 Å². The SMILES string of the molecule is CN(C)C(=O)C(NC(=O)c1ccc(N2CC(F)(F)C2)c(OCC2CC2)n1)c1ccccc1. The van der Waals surface area contributed by atoms with Crippen LogP contribution in [0.3, 0.4) is 0 Å². The van der Waals surface area contributed by atoms with Gasteiger partial charge in [-0.2, -0.15) is 0 Å². The highest BCUT2D eigenvalue weighted by Crippen LogP contribution is 2.38. The summed E-state index contributed by atoms with van der Waals surface area (Å²) in [5.41, 5.74) is 1.14. The number of halogens is 2. The molecule has 2 aliphatic rings. The summed E-state index contributed by atoms with van der Waals surface area (Å²) in [6.45, 7) is -0.387. The van der Waals surface area contributed by atoms with Crippen molar-refractivity contribution in [3.63, 3.8) is 0 Å². The maximum atomic E-state index is 13.4. The second-order valence-electron chi connectivity index (χ2n) is 8.54. The Morgan fingerprint density at radius 2 is 1.88 bits per heavy atom. The number of carbonyl (C=O) groups excluding carboxylic acids is 2. The third-order valence-corrected chi connectivity index (χ3v) is 5.51. The molecule has 1 unspecified atom stereocenters. The van der Waals surface area contributed by atoms with E-state index in [1.807, 2.05) is 6.07 Å². The standard InChI is InChI=1S/C23H26F2N4O3/c1-28(2)22(31)19(16-6-4-3-5-7-16)27-20(30)17-10-11-18(29-13-23(24,25)14-29)21(26-17)32-12-15-8-9-15/h3-7,10-11,15,19H,8-9,12-14H2,1-2H3,(H,27,30). The van der Waals surface area contributed by atoms with Crippen LogP contribution in [0.5, 0.6) is 5.88 Å². The van der Waals surface area contributed by atoms with Crippen molar-refractivity contribution in [2.24, 2.45) is 5.92 Å². The van der Waals surface area contributed by atoms with E-state index in [-0.39, 0.29) is 17.5 Å². The highest BCUT2D eigenvalue weighted by Gasteiger charge is 2.45. The zero-order chi connectivity index (χ0) is 22.9. The van der Waals surface area contributed by atoms with Crippen LogP contribution in [0.2, 0.25) is 0 Å². The van der Waals surface area contributed by atoms with Gasteiger partial charge in [-0.3, -0.25) is 9.59 Å². The number of pyridine rings is 1. The number of carbonyl (C=O) groups is 2. The lowest BCUT2D eigenvalue weighted by molar-refractivity contribution is -0.130. The summed E-state index contributed by atoms with van der Waals surface area (Å²) in [5.74, 6) is -2.98. The van der Waals surface area contributed by atoms with Gasteiger partial charge in [0.05, 0.1) is 19.7 Å². The average molecular weight is 444 g/mol. The van der Waals surface area contributed by atoms with E-state index in [9.17, 15) is 18.4 Å². The number of hydrogen-bond acceptors (Lipinski definition) is 5. The van der Waals surface area contributed by atoms with Crippen LogP contribution in [0.15, 0.2) is 42.5 Å². The summed E-state index contributed by atoms with van der Waals surface area (Å²) in [7, 11) is 3.23. The molecule has 2 fully saturated rings. The molecule has 1 atom stereocenters. The molecule has 170 valence electrons. The Morgan fingerprint density at radius 1 is 1.19 bits per heavy atom. The van der Waals surface area contributed by atoms with Crippen molar-refractivity contribution in [3.05, 3.63) is 53.7 Å². The van der Waals surface area contributed by atoms with E-state index in [0.29, 0.717) is 23.8 Å². The van der Waals surface area contributed by atoms with Crippen molar-refractivity contribution in [1.29, 1.82) is 0 Å². The molecular weight excluding hydrogens is 418 g/mol. The van der Waals surface area contributed by atoms with Crippen LogP contribution in [0.1, 0.15) is 34.9 Å². The molecule has 1 aromatic carbocycles. The van der Waals surface area contributed by atoms with E-state index < -0.39 is 31.0 Å². The minimum Gasteiger partial charge on any atom is -0.476 e. The first kappa shape index (κ1) is 22.0. The summed E-state index contributed by atoms with van der Waals surface area (Å²) < 4.78 is 32.6. The molecule has 1 N–H and O–H groups in total. The summed E-state index contributed by atoms with van der Waals surface area (Å²) in [5, 5.41) is 2.74. The van der Waals surface area contributed by atoms with Crippen LogP contribution in [0.4, 0.5) is 14.5 Å². The molecule has 32 heavy (non-hydrogen) atoms. The maximum absolute atomic E-state index is 13.4. The summed E-state index contributed by atoms with van der Waals surface area (Å²) in [4.78, 5) is 32.9. The maximum Gasteiger partial charge on any atom is 0.282 e. The number of hydrogen-bond donors (Lipinski definition) is 1. The fourth-order valence-corrected chi connectivity index (χ4v) is 3.47. The predicted molar refractivity (Wildman–Crippen MR) is 115 cm³/mol. The van der Waals surface area contributed by atoms with Gasteiger partial charge in [0, 0.05) is 14.1 Å². The van der Waals surface area contributed by atoms with Gasteiger partial charge in [0.25, 0.3) is 11.8 Å². The van der Waals surface area contributed by atoms with Gasteiger partial charge in [-0.05, 0) is 36.5 Å². The highest BCUT2D eigenvalue weighted by atomic mass is 19.3. The number of anilines is 1. The lowest BCUT2D eigenvalue weighted by Crippen LogP contribution is -2.56. The number of aromatic nitrogens is 1. The molecule has 4 rings (SSSR count). The molecule has 1 aliphatic heterocycles. The molecular formula is C23H26F2N4O3. The lowest BCUT2D eigenvalue weighted by Gasteiger charge is -2.40. The number of amides is 2. The minimum absolute atomic E-state index is 0.0549. The van der Waals surface area contributed by atoms with Crippen molar-refractivity contribution in [1.82, 2.24) is 15.2 Å². The van der Waals surface area contributed by atoms with Gasteiger partial charge in [0.1, 0.15) is 17.4 Å². The Balaban J connectivity index is 1.56. The summed E-state index contributed by atoms with van der Waals surface area (Å²) >= 11 is 0. The van der Waals surface area contributed by atoms with Crippen molar-refractivity contribution in [2.75, 3.05) is 38.7 Å². The fourth-order valence-electron chi connectivity index (χ4n) is 3.47. The van der Waals surface area contributed by atoms with Gasteiger partial charge in [-0.15, -0.1) is 0 Å². The zero-order valence-corrected chi connectivity index (χ0v) is 18.1. The van der Waals surface area contributed by atoms with Crippen LogP contribution in [0, 0.1) is 5.92 Å². The van der Waals surface area contributed by atoms with Crippen molar-refractivity contribution in [3.8, 4) is 5.88 Å². The molecule has 1 aromatic heterocycles. The van der Waals surface area contributed by atoms with E-state index in [4.69, 9.17) is 4.74 Å². The van der Waals surface area contributed by atoms with Gasteiger partial charge >= 0.3 is 0 Å². The Hall–Kier alpha value is -3.23. The monoisotopic (exact) mass is 444 g/mol. The van der Waals surface area contributed by atoms with E-state index in [2.05, 4.69) is 10.3 Å². The molecule has 1 saturated carbocycles. The fraction of sp³-hybridized carbons (Fsp3) is 0.435. The Morgan fingerprint density at radius 3 is 2.47 bits per heavy atom. The minimum atomic E-state index is -2.74. The van der Waals surface area contributed by atoms with E-state index in [1.165, 1.54) is 15.9 Å². The molecule has 2 aromatic rings. The van der Waals surface area contributed by atoms with E-state index in [0.717, 1.165) is 12.8 Å². The quantitative estimate of drug-likeness (QED) is 0.678. The summed E-state index contributed by atoms with van der Waals surface area (Å²) in [6, 6.07) is 11.1. The Labute approximate surface area is 185 Å². The Bertz CT molecular complexity index is 988. The highest BCUT2D eigenvalue weighted by molar-refractivity contribution is 5.96. The molecule has 0 bridgehead atoms. The number of rotatable bonds is 8. The normalized spacial score (nSPS) is 17.8. The first-order chi connectivity index (χ1) is 15.2. The summed E-state index contributed by atoms with van der Waals surface area (Å²) in [6.07, 6.45) is 2.12. The lowest BCUT2D eigenvalue weighted by atomic mass is 10.1. The molecule has 9 heteroatoms. The molecule has 0 radical (unpaired) electrons. The van der Waals surface area contributed by atoms with Crippen LogP contribution in [-0.4, -0.2) is 61.4 Å². The first-order valence-electron chi connectivity index (χ1n) is 10.6. The third kappa shape index (κ3) is 4.98. The molecule has 2 amide bonds. The largest absolute Gasteiger partial charge is 0.476 e. The number of nitrogens with zero attached hydrogens (tertiary/aromatic N) is 3. The van der Waals surface area contributed by atoms with Crippen LogP contribution in [-0.2, 0) is 4.79 Å². The topological polar surface area (TPSA) is 74.8 Å². The van der Waals surface area contributed by atoms with Gasteiger partial charge < -0.3 is 19.9 Å². The van der Waals surface area contributed by atoms with Gasteiger partial charge in [-0.25, -0.2) is 13.8 Å². The number of nitrogens with one attached hydrogen (secondary N) is 1. The van der Waals surface area contributed by atoms with Gasteiger partial charge in [-0.1, -0.05) is 30.3 Å². The van der Waals surface area contributed by atoms with Crippen LogP contribution >= 0.6 is 0 Å². The van der Waals surface area contributed by atoms with E-state index in [1.54, 1.807) is 44.4 Å². The molecule has 7 nitrogen and oxygen atoms in total. The smallest absolute Gasteiger partial charge is 0.282 e. The third-order valence-electron chi connectivity index (χ3n) is 5.51. The van der Waals surface area contributed by atoms with Crippen molar-refractivity contribution >= 4 is 17.5 Å². The molecule has 0 spiro atoms. The predicted octanol–water partition coefficient (Wildman–Crippen LogP) is 2.89. The van der Waals surface area contributed by atoms with Crippen LogP contribution < -0.4 is 15.0 Å².